The largest absolute Gasteiger partial charge is 0.378 e. The molecule has 3 aromatic heterocycles. The summed E-state index contributed by atoms with van der Waals surface area (Å²) in [5.41, 5.74) is 1.96. The molecule has 4 aromatic rings. The second kappa shape index (κ2) is 9.58. The number of anilines is 3. The van der Waals surface area contributed by atoms with Crippen molar-refractivity contribution in [3.05, 3.63) is 60.9 Å². The molecule has 0 spiro atoms. The lowest BCUT2D eigenvalue weighted by Crippen LogP contribution is -2.37. The van der Waals surface area contributed by atoms with Gasteiger partial charge in [-0.2, -0.15) is 25.1 Å². The number of ether oxygens (including phenoxy) is 1. The predicted molar refractivity (Wildman–Crippen MR) is 125 cm³/mol. The van der Waals surface area contributed by atoms with E-state index in [1.807, 2.05) is 29.8 Å². The predicted octanol–water partition coefficient (Wildman–Crippen LogP) is 2.30. The van der Waals surface area contributed by atoms with Gasteiger partial charge >= 0.3 is 6.03 Å². The Morgan fingerprint density at radius 2 is 1.68 bits per heavy atom. The van der Waals surface area contributed by atoms with E-state index in [-0.39, 0.29) is 6.03 Å². The van der Waals surface area contributed by atoms with Gasteiger partial charge in [0.15, 0.2) is 5.82 Å². The average molecular weight is 458 g/mol. The van der Waals surface area contributed by atoms with Crippen LogP contribution in [0.2, 0.25) is 0 Å². The molecule has 1 aliphatic rings. The van der Waals surface area contributed by atoms with Crippen molar-refractivity contribution in [3.63, 3.8) is 0 Å². The molecule has 172 valence electrons. The van der Waals surface area contributed by atoms with Crippen molar-refractivity contribution in [2.24, 2.45) is 0 Å². The highest BCUT2D eigenvalue weighted by Gasteiger charge is 2.18. The standard InChI is InChI=1S/C22H22N10O2/c1-15-23-8-9-32(15)21-29-19(28-20(30-21)31-10-12-34-13-11-31)16-2-4-17(5-3-16)26-22(33)27-18-6-7-24-25-14-18/h2-9,14H,10-13H2,1H3,(H2,24,26,27,33). The van der Waals surface area contributed by atoms with E-state index in [0.717, 1.165) is 11.4 Å². The first-order valence-electron chi connectivity index (χ1n) is 10.7. The maximum Gasteiger partial charge on any atom is 0.323 e. The highest BCUT2D eigenvalue weighted by Crippen LogP contribution is 2.22. The summed E-state index contributed by atoms with van der Waals surface area (Å²) in [5, 5.41) is 12.9. The normalized spacial score (nSPS) is 13.5. The van der Waals surface area contributed by atoms with E-state index in [1.54, 1.807) is 24.4 Å². The Bertz CT molecular complexity index is 1270. The number of imidazole rings is 1. The summed E-state index contributed by atoms with van der Waals surface area (Å²) in [5.74, 6) is 2.39. The number of carbonyl (C=O) groups is 1. The minimum absolute atomic E-state index is 0.381. The number of hydrogen-bond donors (Lipinski definition) is 2. The molecule has 0 bridgehead atoms. The smallest absolute Gasteiger partial charge is 0.323 e. The second-order valence-electron chi connectivity index (χ2n) is 7.49. The number of morpholine rings is 1. The van der Waals surface area contributed by atoms with Crippen molar-refractivity contribution >= 4 is 23.4 Å². The molecular weight excluding hydrogens is 436 g/mol. The quantitative estimate of drug-likeness (QED) is 0.462. The number of aromatic nitrogens is 7. The third-order valence-corrected chi connectivity index (χ3v) is 5.19. The van der Waals surface area contributed by atoms with Gasteiger partial charge in [-0.05, 0) is 37.3 Å². The molecule has 0 saturated carbocycles. The van der Waals surface area contributed by atoms with Gasteiger partial charge in [0, 0.05) is 36.7 Å². The number of carbonyl (C=O) groups excluding carboxylic acids is 1. The molecule has 1 saturated heterocycles. The van der Waals surface area contributed by atoms with Crippen LogP contribution in [0.1, 0.15) is 5.82 Å². The van der Waals surface area contributed by atoms with Crippen LogP contribution in [0.5, 0.6) is 0 Å². The van der Waals surface area contributed by atoms with E-state index >= 15 is 0 Å². The van der Waals surface area contributed by atoms with E-state index in [2.05, 4.69) is 40.7 Å². The Balaban J connectivity index is 1.40. The molecule has 0 unspecified atom stereocenters. The molecule has 0 atom stereocenters. The van der Waals surface area contributed by atoms with Crippen LogP contribution in [0.25, 0.3) is 17.3 Å². The van der Waals surface area contributed by atoms with Crippen LogP contribution in [-0.2, 0) is 4.74 Å². The third-order valence-electron chi connectivity index (χ3n) is 5.19. The van der Waals surface area contributed by atoms with Crippen molar-refractivity contribution in [2.45, 2.75) is 6.92 Å². The highest BCUT2D eigenvalue weighted by atomic mass is 16.5. The molecule has 12 heteroatoms. The van der Waals surface area contributed by atoms with Crippen LogP contribution in [-0.4, -0.2) is 67.0 Å². The van der Waals surface area contributed by atoms with E-state index < -0.39 is 0 Å². The van der Waals surface area contributed by atoms with Gasteiger partial charge in [-0.15, -0.1) is 0 Å². The zero-order valence-corrected chi connectivity index (χ0v) is 18.4. The fourth-order valence-electron chi connectivity index (χ4n) is 3.45. The summed E-state index contributed by atoms with van der Waals surface area (Å²) < 4.78 is 7.29. The molecular formula is C22H22N10O2. The first kappa shape index (κ1) is 21.4. The lowest BCUT2D eigenvalue weighted by molar-refractivity contribution is 0.122. The first-order chi connectivity index (χ1) is 16.7. The Morgan fingerprint density at radius 1 is 0.912 bits per heavy atom. The van der Waals surface area contributed by atoms with Crippen molar-refractivity contribution in [3.8, 4) is 17.3 Å². The SMILES string of the molecule is Cc1nccn1-c1nc(-c2ccc(NC(=O)Nc3ccnnc3)cc2)nc(N2CCOCC2)n1. The van der Waals surface area contributed by atoms with Gasteiger partial charge < -0.3 is 20.3 Å². The Hall–Kier alpha value is -4.45. The molecule has 1 aromatic carbocycles. The van der Waals surface area contributed by atoms with Crippen molar-refractivity contribution in [2.75, 3.05) is 41.8 Å². The molecule has 0 aliphatic carbocycles. The first-order valence-corrected chi connectivity index (χ1v) is 10.7. The molecule has 2 amide bonds. The molecule has 4 heterocycles. The fourth-order valence-corrected chi connectivity index (χ4v) is 3.45. The van der Waals surface area contributed by atoms with Crippen LogP contribution in [0.3, 0.4) is 0 Å². The van der Waals surface area contributed by atoms with E-state index in [4.69, 9.17) is 9.72 Å². The summed E-state index contributed by atoms with van der Waals surface area (Å²) in [6.45, 7) is 4.55. The van der Waals surface area contributed by atoms with Crippen LogP contribution < -0.4 is 15.5 Å². The summed E-state index contributed by atoms with van der Waals surface area (Å²) in [4.78, 5) is 32.7. The molecule has 0 radical (unpaired) electrons. The monoisotopic (exact) mass is 458 g/mol. The zero-order chi connectivity index (χ0) is 23.3. The zero-order valence-electron chi connectivity index (χ0n) is 18.4. The molecule has 1 aliphatic heterocycles. The Morgan fingerprint density at radius 3 is 2.38 bits per heavy atom. The summed E-state index contributed by atoms with van der Waals surface area (Å²) in [6.07, 6.45) is 6.50. The second-order valence-corrected chi connectivity index (χ2v) is 7.49. The molecule has 12 nitrogen and oxygen atoms in total. The number of hydrogen-bond acceptors (Lipinski definition) is 9. The molecule has 5 rings (SSSR count). The number of nitrogens with zero attached hydrogens (tertiary/aromatic N) is 8. The van der Waals surface area contributed by atoms with Gasteiger partial charge in [-0.25, -0.2) is 9.78 Å². The number of nitrogens with one attached hydrogen (secondary N) is 2. The summed E-state index contributed by atoms with van der Waals surface area (Å²) >= 11 is 0. The average Bonchev–Trinajstić information content (AvgIpc) is 3.31. The number of rotatable bonds is 5. The maximum atomic E-state index is 12.2. The van der Waals surface area contributed by atoms with Crippen molar-refractivity contribution in [1.29, 1.82) is 0 Å². The molecule has 2 N–H and O–H groups in total. The van der Waals surface area contributed by atoms with Gasteiger partial charge in [0.25, 0.3) is 0 Å². The minimum Gasteiger partial charge on any atom is -0.378 e. The lowest BCUT2D eigenvalue weighted by Gasteiger charge is -2.27. The summed E-state index contributed by atoms with van der Waals surface area (Å²) in [7, 11) is 0. The highest BCUT2D eigenvalue weighted by molar-refractivity contribution is 5.99. The van der Waals surface area contributed by atoms with Gasteiger partial charge in [0.2, 0.25) is 11.9 Å². The number of aryl methyl sites for hydroxylation is 1. The van der Waals surface area contributed by atoms with E-state index in [1.165, 1.54) is 12.4 Å². The van der Waals surface area contributed by atoms with Gasteiger partial charge in [0.1, 0.15) is 5.82 Å². The van der Waals surface area contributed by atoms with Gasteiger partial charge in [0.05, 0.1) is 31.3 Å². The van der Waals surface area contributed by atoms with Crippen LogP contribution >= 0.6 is 0 Å². The van der Waals surface area contributed by atoms with E-state index in [0.29, 0.717) is 55.4 Å². The van der Waals surface area contributed by atoms with Gasteiger partial charge in [-0.3, -0.25) is 4.57 Å². The van der Waals surface area contributed by atoms with E-state index in [9.17, 15) is 4.79 Å². The van der Waals surface area contributed by atoms with Gasteiger partial charge in [-0.1, -0.05) is 0 Å². The minimum atomic E-state index is -0.381. The topological polar surface area (TPSA) is 136 Å². The molecule has 34 heavy (non-hydrogen) atoms. The number of benzene rings is 1. The number of urea groups is 1. The van der Waals surface area contributed by atoms with Crippen LogP contribution in [0.4, 0.5) is 22.1 Å². The fraction of sp³-hybridized carbons (Fsp3) is 0.227. The van der Waals surface area contributed by atoms with Crippen molar-refractivity contribution in [1.82, 2.24) is 34.7 Å². The Labute approximate surface area is 195 Å². The third kappa shape index (κ3) is 4.81. The van der Waals surface area contributed by atoms with Crippen LogP contribution in [0.15, 0.2) is 55.1 Å². The number of amides is 2. The summed E-state index contributed by atoms with van der Waals surface area (Å²) in [6, 6.07) is 8.56. The molecule has 1 fully saturated rings. The van der Waals surface area contributed by atoms with Crippen LogP contribution in [0, 0.1) is 6.92 Å². The lowest BCUT2D eigenvalue weighted by atomic mass is 10.2. The van der Waals surface area contributed by atoms with Crippen molar-refractivity contribution < 1.29 is 9.53 Å². The Kier molecular flexibility index (Phi) is 6.03. The maximum absolute atomic E-state index is 12.2.